The molecule has 0 aromatic heterocycles. The smallest absolute Gasteiger partial charge is 0.460 e. The number of rotatable bonds is 17. The van der Waals surface area contributed by atoms with Gasteiger partial charge in [0.05, 0.1) is 27.1 Å². The molecule has 2 N–H and O–H groups in total. The number of hydrogen-bond acceptors (Lipinski definition) is 2. The summed E-state index contributed by atoms with van der Waals surface area (Å²) in [5, 5.41) is 18.1. The van der Waals surface area contributed by atoms with Crippen molar-refractivity contribution in [2.24, 2.45) is 0 Å². The van der Waals surface area contributed by atoms with Crippen molar-refractivity contribution < 1.29 is 129 Å². The molecule has 1 unspecified atom stereocenters. The van der Waals surface area contributed by atoms with E-state index in [0.29, 0.717) is 0 Å². The van der Waals surface area contributed by atoms with E-state index in [1.54, 1.807) is 0 Å². The molecule has 4 nitrogen and oxygen atoms in total. The van der Waals surface area contributed by atoms with Gasteiger partial charge in [0, 0.05) is 6.42 Å². The Morgan fingerprint density at radius 3 is 0.980 bits per heavy atom. The van der Waals surface area contributed by atoms with Gasteiger partial charge in [-0.2, -0.15) is 110 Å². The Bertz CT molecular complexity index is 1190. The number of carboxylic acids is 1. The average Bonchev–Trinajstić information content (AvgIpc) is 2.84. The van der Waals surface area contributed by atoms with Crippen LogP contribution >= 0.6 is 0 Å². The first kappa shape index (κ1) is 46.6. The van der Waals surface area contributed by atoms with E-state index in [0.717, 1.165) is 14.1 Å². The van der Waals surface area contributed by atoms with Crippen LogP contribution in [0, 0.1) is 0 Å². The number of halogens is 25. The lowest BCUT2D eigenvalue weighted by molar-refractivity contribution is -0.893. The van der Waals surface area contributed by atoms with Gasteiger partial charge >= 0.3 is 77.3 Å². The summed E-state index contributed by atoms with van der Waals surface area (Å²) in [5.41, 5.74) is 0. The number of aliphatic carboxylic acids is 1. The minimum atomic E-state index is -9.66. The number of quaternary nitrogens is 1. The molecule has 0 radical (unpaired) electrons. The number of nitrogens with zero attached hydrogens (tertiary/aromatic N) is 1. The van der Waals surface area contributed by atoms with Crippen LogP contribution in [0.3, 0.4) is 0 Å². The van der Waals surface area contributed by atoms with E-state index in [2.05, 4.69) is 0 Å². The molecule has 0 saturated carbocycles. The maximum Gasteiger partial charge on any atom is 0.460 e. The Hall–Kier alpha value is -2.36. The van der Waals surface area contributed by atoms with E-state index in [-0.39, 0.29) is 0 Å². The summed E-state index contributed by atoms with van der Waals surface area (Å²) < 4.78 is 337. The number of aliphatic hydroxyl groups excluding tert-OH is 1. The van der Waals surface area contributed by atoms with Crippen molar-refractivity contribution in [3.8, 4) is 0 Å². The molecule has 0 aliphatic carbocycles. The van der Waals surface area contributed by atoms with Gasteiger partial charge in [-0.15, -0.1) is 0 Å². The fourth-order valence-corrected chi connectivity index (χ4v) is 3.53. The molecule has 0 aromatic carbocycles. The summed E-state index contributed by atoms with van der Waals surface area (Å²) in [4.78, 5) is 10.5. The van der Waals surface area contributed by atoms with E-state index in [1.165, 1.54) is 0 Å². The topological polar surface area (TPSA) is 57.5 Å². The van der Waals surface area contributed by atoms with Crippen LogP contribution in [-0.4, -0.2) is 125 Å². The fraction of sp³-hybridized carbons (Fsp3) is 0.950. The van der Waals surface area contributed by atoms with Crippen molar-refractivity contribution in [2.75, 3.05) is 27.2 Å². The zero-order valence-electron chi connectivity index (χ0n) is 23.1. The van der Waals surface area contributed by atoms with Crippen LogP contribution in [0.25, 0.3) is 0 Å². The van der Waals surface area contributed by atoms with Gasteiger partial charge in [0.15, 0.2) is 0 Å². The molecule has 0 saturated heterocycles. The Morgan fingerprint density at radius 2 is 0.735 bits per heavy atom. The fourth-order valence-electron chi connectivity index (χ4n) is 3.53. The third-order valence-corrected chi connectivity index (χ3v) is 6.49. The van der Waals surface area contributed by atoms with Gasteiger partial charge < -0.3 is 14.7 Å². The third kappa shape index (κ3) is 6.85. The lowest BCUT2D eigenvalue weighted by Crippen LogP contribution is -2.78. The minimum absolute atomic E-state index is 0.707. The van der Waals surface area contributed by atoms with Crippen molar-refractivity contribution >= 4 is 5.97 Å². The molecule has 0 aromatic rings. The zero-order chi connectivity index (χ0) is 40.5. The molecule has 0 aliphatic rings. The summed E-state index contributed by atoms with van der Waals surface area (Å²) in [7, 11) is 1.63. The monoisotopic (exact) mass is 794 g/mol. The number of alkyl halides is 25. The second-order valence-corrected chi connectivity index (χ2v) is 10.8. The molecule has 29 heteroatoms. The van der Waals surface area contributed by atoms with Crippen molar-refractivity contribution in [1.82, 2.24) is 0 Å². The number of aliphatic hydroxyl groups is 1. The van der Waals surface area contributed by atoms with Gasteiger partial charge in [-0.25, -0.2) is 0 Å². The molecular weight excluding hydrogens is 777 g/mol. The summed E-state index contributed by atoms with van der Waals surface area (Å²) in [6.45, 7) is -2.12. The Morgan fingerprint density at radius 1 is 0.490 bits per heavy atom. The van der Waals surface area contributed by atoms with E-state index in [1.807, 2.05) is 0 Å². The Labute approximate surface area is 254 Å². The average molecular weight is 794 g/mol. The van der Waals surface area contributed by atoms with Crippen LogP contribution in [0.4, 0.5) is 110 Å². The van der Waals surface area contributed by atoms with Gasteiger partial charge in [0.2, 0.25) is 0 Å². The molecule has 0 fully saturated rings. The quantitative estimate of drug-likeness (QED) is 0.117. The van der Waals surface area contributed by atoms with Crippen LogP contribution in [-0.2, 0) is 4.79 Å². The first-order valence-electron chi connectivity index (χ1n) is 11.7. The first-order chi connectivity index (χ1) is 20.8. The first-order valence-corrected chi connectivity index (χ1v) is 11.7. The third-order valence-electron chi connectivity index (χ3n) is 6.49. The van der Waals surface area contributed by atoms with Crippen LogP contribution in [0.5, 0.6) is 0 Å². The van der Waals surface area contributed by atoms with Gasteiger partial charge in [0.1, 0.15) is 12.6 Å². The summed E-state index contributed by atoms with van der Waals surface area (Å²) >= 11 is 0. The molecule has 49 heavy (non-hydrogen) atoms. The molecule has 0 bridgehead atoms. The maximum absolute atomic E-state index is 14.1. The normalized spacial score (nSPS) is 17.0. The molecule has 0 rings (SSSR count). The number of carbonyl (C=O) groups is 1. The molecule has 294 valence electrons. The number of carboxylic acid groups (broad SMARTS) is 1. The van der Waals surface area contributed by atoms with Crippen LogP contribution in [0.1, 0.15) is 12.8 Å². The molecule has 0 spiro atoms. The number of likely N-dealkylation sites (N-methyl/N-ethyl adjacent to an activating group) is 1. The molecular formula is C20H17F25NO3+. The van der Waals surface area contributed by atoms with Gasteiger partial charge in [0.25, 0.3) is 0 Å². The van der Waals surface area contributed by atoms with Crippen LogP contribution in [0.15, 0.2) is 0 Å². The second-order valence-electron chi connectivity index (χ2n) is 10.8. The lowest BCUT2D eigenvalue weighted by atomic mass is 9.84. The highest BCUT2D eigenvalue weighted by molar-refractivity contribution is 5.66. The Balaban J connectivity index is 7.06. The predicted molar refractivity (Wildman–Crippen MR) is 105 cm³/mol. The van der Waals surface area contributed by atoms with Crippen molar-refractivity contribution in [1.29, 1.82) is 0 Å². The van der Waals surface area contributed by atoms with Crippen molar-refractivity contribution in [2.45, 2.75) is 90.3 Å². The van der Waals surface area contributed by atoms with E-state index < -0.39 is 114 Å². The van der Waals surface area contributed by atoms with Crippen LogP contribution in [0.2, 0.25) is 0 Å². The maximum atomic E-state index is 14.1. The largest absolute Gasteiger partial charge is 0.481 e. The highest BCUT2D eigenvalue weighted by Crippen LogP contribution is 2.67. The summed E-state index contributed by atoms with van der Waals surface area (Å²) in [5.74, 6) is -101. The standard InChI is InChI=1S/C20H16F25NO3/c1-46(2,4-3-8(48)49)6-7(47)5-9(21,22)10(23,24)11(25,26)12(27,28)13(29,30)14(31,32)15(33,34)16(35,36)17(37,38)18(39,40)19(41,42)20(43,44)45/h7,47H,3-6H2,1-2H3/p+1. The summed E-state index contributed by atoms with van der Waals surface area (Å²) in [6, 6.07) is 0. The molecule has 1 atom stereocenters. The lowest BCUT2D eigenvalue weighted by Gasteiger charge is -2.45. The van der Waals surface area contributed by atoms with Crippen LogP contribution < -0.4 is 0 Å². The van der Waals surface area contributed by atoms with E-state index in [4.69, 9.17) is 5.11 Å². The zero-order valence-corrected chi connectivity index (χ0v) is 23.1. The van der Waals surface area contributed by atoms with Crippen molar-refractivity contribution in [3.63, 3.8) is 0 Å². The molecule has 0 amide bonds. The highest BCUT2D eigenvalue weighted by atomic mass is 19.4. The number of hydrogen-bond donors (Lipinski definition) is 2. The predicted octanol–water partition coefficient (Wildman–Crippen LogP) is 7.84. The van der Waals surface area contributed by atoms with E-state index in [9.17, 15) is 120 Å². The second kappa shape index (κ2) is 12.4. The highest BCUT2D eigenvalue weighted by Gasteiger charge is 2.99. The molecule has 0 aliphatic heterocycles. The SMILES string of the molecule is C[N+](C)(CCC(=O)O)CC(O)CC(F)(F)C(F)(F)C(F)(F)C(F)(F)C(F)(F)C(F)(F)C(F)(F)C(F)(F)C(F)(F)C(F)(F)C(F)(F)C(F)(F)F. The summed E-state index contributed by atoms with van der Waals surface area (Å²) in [6.07, 6.45) is -15.6. The molecule has 0 heterocycles. The van der Waals surface area contributed by atoms with Crippen molar-refractivity contribution in [3.05, 3.63) is 0 Å². The van der Waals surface area contributed by atoms with Gasteiger partial charge in [-0.05, 0) is 0 Å². The van der Waals surface area contributed by atoms with E-state index >= 15 is 0 Å². The van der Waals surface area contributed by atoms with Gasteiger partial charge in [-0.3, -0.25) is 4.79 Å². The Kier molecular flexibility index (Phi) is 11.8. The minimum Gasteiger partial charge on any atom is -0.481 e. The van der Waals surface area contributed by atoms with Gasteiger partial charge in [-0.1, -0.05) is 0 Å².